The third-order valence-corrected chi connectivity index (χ3v) is 1.90. The quantitative estimate of drug-likeness (QED) is 0.561. The minimum Gasteiger partial charge on any atom is -0.465 e. The van der Waals surface area contributed by atoms with E-state index in [9.17, 15) is 4.79 Å². The molecule has 0 aromatic heterocycles. The van der Waals surface area contributed by atoms with Gasteiger partial charge in [0.2, 0.25) is 0 Å². The number of ether oxygens (including phenoxy) is 1. The summed E-state index contributed by atoms with van der Waals surface area (Å²) in [4.78, 5) is 10.6. The van der Waals surface area contributed by atoms with Crippen LogP contribution in [0.3, 0.4) is 0 Å². The van der Waals surface area contributed by atoms with Crippen molar-refractivity contribution in [2.45, 2.75) is 32.6 Å². The molecular weight excluding hydrogens is 128 g/mol. The predicted octanol–water partition coefficient (Wildman–Crippen LogP) is 1.74. The highest BCUT2D eigenvalue weighted by Gasteiger charge is 2.22. The van der Waals surface area contributed by atoms with Crippen molar-refractivity contribution in [1.29, 1.82) is 0 Å². The molecular formula is C8H14O2. The first-order valence-corrected chi connectivity index (χ1v) is 3.98. The lowest BCUT2D eigenvalue weighted by atomic mass is 10.0. The van der Waals surface area contributed by atoms with Crippen LogP contribution in [0.1, 0.15) is 32.6 Å². The molecule has 2 heteroatoms. The molecule has 0 unspecified atom stereocenters. The van der Waals surface area contributed by atoms with E-state index < -0.39 is 0 Å². The molecule has 0 aromatic rings. The van der Waals surface area contributed by atoms with Crippen LogP contribution in [0.2, 0.25) is 0 Å². The first kappa shape index (κ1) is 7.58. The molecule has 1 aliphatic heterocycles. The maximum absolute atomic E-state index is 10.6. The summed E-state index contributed by atoms with van der Waals surface area (Å²) in [5.41, 5.74) is 0. The summed E-state index contributed by atoms with van der Waals surface area (Å²) in [5.74, 6) is 0.508. The molecule has 2 nitrogen and oxygen atoms in total. The molecule has 10 heavy (non-hydrogen) atoms. The van der Waals surface area contributed by atoms with Gasteiger partial charge in [-0.05, 0) is 6.42 Å². The van der Waals surface area contributed by atoms with Gasteiger partial charge in [-0.3, -0.25) is 4.79 Å². The van der Waals surface area contributed by atoms with Crippen molar-refractivity contribution < 1.29 is 9.53 Å². The Hall–Kier alpha value is -0.530. The van der Waals surface area contributed by atoms with Crippen molar-refractivity contribution in [3.05, 3.63) is 0 Å². The Bertz CT molecular complexity index is 120. The third-order valence-electron chi connectivity index (χ3n) is 1.90. The second kappa shape index (κ2) is 3.59. The molecule has 0 spiro atoms. The fourth-order valence-corrected chi connectivity index (χ4v) is 1.24. The molecule has 0 N–H and O–H groups in total. The molecule has 1 saturated heterocycles. The van der Waals surface area contributed by atoms with Gasteiger partial charge in [0.25, 0.3) is 0 Å². The monoisotopic (exact) mass is 142 g/mol. The van der Waals surface area contributed by atoms with Gasteiger partial charge in [0.15, 0.2) is 0 Å². The number of hydrogen-bond acceptors (Lipinski definition) is 2. The van der Waals surface area contributed by atoms with Gasteiger partial charge in [0, 0.05) is 5.92 Å². The second-order valence-corrected chi connectivity index (χ2v) is 2.90. The van der Waals surface area contributed by atoms with E-state index in [-0.39, 0.29) is 5.97 Å². The lowest BCUT2D eigenvalue weighted by molar-refractivity contribution is -0.137. The van der Waals surface area contributed by atoms with Crippen molar-refractivity contribution in [2.24, 2.45) is 5.92 Å². The Balaban J connectivity index is 2.12. The molecule has 0 aliphatic carbocycles. The summed E-state index contributed by atoms with van der Waals surface area (Å²) in [7, 11) is 0. The molecule has 0 amide bonds. The summed E-state index contributed by atoms with van der Waals surface area (Å²) < 4.78 is 4.82. The van der Waals surface area contributed by atoms with Gasteiger partial charge in [0.05, 0.1) is 13.0 Å². The van der Waals surface area contributed by atoms with Crippen molar-refractivity contribution >= 4 is 5.97 Å². The van der Waals surface area contributed by atoms with E-state index in [1.54, 1.807) is 0 Å². The van der Waals surface area contributed by atoms with Crippen molar-refractivity contribution in [3.63, 3.8) is 0 Å². The molecule has 1 atom stereocenters. The highest BCUT2D eigenvalue weighted by atomic mass is 16.5. The number of hydrogen-bond donors (Lipinski definition) is 0. The predicted molar refractivity (Wildman–Crippen MR) is 38.6 cm³/mol. The number of cyclic esters (lactones) is 1. The minimum absolute atomic E-state index is 0.0129. The van der Waals surface area contributed by atoms with Gasteiger partial charge in [-0.25, -0.2) is 0 Å². The third kappa shape index (κ3) is 2.01. The maximum Gasteiger partial charge on any atom is 0.306 e. The highest BCUT2D eigenvalue weighted by molar-refractivity contribution is 5.71. The number of rotatable bonds is 3. The zero-order chi connectivity index (χ0) is 7.40. The van der Waals surface area contributed by atoms with Gasteiger partial charge in [-0.15, -0.1) is 0 Å². The van der Waals surface area contributed by atoms with Crippen LogP contribution in [0.4, 0.5) is 0 Å². The van der Waals surface area contributed by atoms with Gasteiger partial charge in [0.1, 0.15) is 0 Å². The molecule has 0 saturated carbocycles. The Morgan fingerprint density at radius 1 is 1.70 bits per heavy atom. The maximum atomic E-state index is 10.6. The Morgan fingerprint density at radius 3 is 3.00 bits per heavy atom. The molecule has 58 valence electrons. The fourth-order valence-electron chi connectivity index (χ4n) is 1.24. The first-order valence-electron chi connectivity index (χ1n) is 3.98. The van der Waals surface area contributed by atoms with Gasteiger partial charge >= 0.3 is 5.97 Å². The molecule has 1 heterocycles. The van der Waals surface area contributed by atoms with Crippen LogP contribution < -0.4 is 0 Å². The number of esters is 1. The molecule has 0 aromatic carbocycles. The summed E-state index contributed by atoms with van der Waals surface area (Å²) >= 11 is 0. The molecule has 1 rings (SSSR count). The van der Waals surface area contributed by atoms with Crippen LogP contribution in [-0.4, -0.2) is 12.6 Å². The van der Waals surface area contributed by atoms with E-state index in [1.165, 1.54) is 12.8 Å². The lowest BCUT2D eigenvalue weighted by Gasteiger charge is -2.01. The lowest BCUT2D eigenvalue weighted by Crippen LogP contribution is -1.97. The van der Waals surface area contributed by atoms with Crippen LogP contribution >= 0.6 is 0 Å². The van der Waals surface area contributed by atoms with E-state index in [4.69, 9.17) is 4.74 Å². The largest absolute Gasteiger partial charge is 0.465 e. The fraction of sp³-hybridized carbons (Fsp3) is 0.875. The molecule has 1 aliphatic rings. The number of carbonyl (C=O) groups is 1. The minimum atomic E-state index is -0.0129. The van der Waals surface area contributed by atoms with Crippen molar-refractivity contribution in [2.75, 3.05) is 6.61 Å². The standard InChI is InChI=1S/C8H14O2/c1-2-3-4-7-5-8(9)10-6-7/h7H,2-6H2,1H3/t7-/m0/s1. The summed E-state index contributed by atoms with van der Waals surface area (Å²) in [6.07, 6.45) is 4.24. The normalized spacial score (nSPS) is 24.9. The summed E-state index contributed by atoms with van der Waals surface area (Å²) in [5, 5.41) is 0. The Morgan fingerprint density at radius 2 is 2.50 bits per heavy atom. The SMILES string of the molecule is CCCC[C@@H]1COC(=O)C1. The van der Waals surface area contributed by atoms with E-state index in [0.717, 1.165) is 6.42 Å². The van der Waals surface area contributed by atoms with E-state index in [0.29, 0.717) is 18.9 Å². The Kier molecular flexibility index (Phi) is 2.72. The van der Waals surface area contributed by atoms with Crippen LogP contribution in [0.25, 0.3) is 0 Å². The van der Waals surface area contributed by atoms with Crippen LogP contribution in [0.5, 0.6) is 0 Å². The summed E-state index contributed by atoms with van der Waals surface area (Å²) in [6, 6.07) is 0. The summed E-state index contributed by atoms with van der Waals surface area (Å²) in [6.45, 7) is 2.83. The van der Waals surface area contributed by atoms with Crippen LogP contribution in [0, 0.1) is 5.92 Å². The first-order chi connectivity index (χ1) is 4.83. The number of carbonyl (C=O) groups excluding carboxylic acids is 1. The van der Waals surface area contributed by atoms with E-state index in [2.05, 4.69) is 6.92 Å². The zero-order valence-electron chi connectivity index (χ0n) is 6.43. The zero-order valence-corrected chi connectivity index (χ0v) is 6.43. The molecule has 0 bridgehead atoms. The Labute approximate surface area is 61.6 Å². The molecule has 0 radical (unpaired) electrons. The van der Waals surface area contributed by atoms with E-state index in [1.807, 2.05) is 0 Å². The van der Waals surface area contributed by atoms with Crippen LogP contribution in [0.15, 0.2) is 0 Å². The second-order valence-electron chi connectivity index (χ2n) is 2.90. The topological polar surface area (TPSA) is 26.3 Å². The van der Waals surface area contributed by atoms with Crippen LogP contribution in [-0.2, 0) is 9.53 Å². The van der Waals surface area contributed by atoms with E-state index >= 15 is 0 Å². The van der Waals surface area contributed by atoms with Gasteiger partial charge in [-0.1, -0.05) is 19.8 Å². The highest BCUT2D eigenvalue weighted by Crippen LogP contribution is 2.19. The average molecular weight is 142 g/mol. The van der Waals surface area contributed by atoms with Gasteiger partial charge in [-0.2, -0.15) is 0 Å². The van der Waals surface area contributed by atoms with Crippen molar-refractivity contribution in [3.8, 4) is 0 Å². The number of unbranched alkanes of at least 4 members (excludes halogenated alkanes) is 1. The van der Waals surface area contributed by atoms with Crippen molar-refractivity contribution in [1.82, 2.24) is 0 Å². The molecule has 1 fully saturated rings. The average Bonchev–Trinajstić information content (AvgIpc) is 2.31. The van der Waals surface area contributed by atoms with Gasteiger partial charge < -0.3 is 4.74 Å². The smallest absolute Gasteiger partial charge is 0.306 e.